The lowest BCUT2D eigenvalue weighted by Gasteiger charge is -2.17. The number of hydrogen-bond acceptors (Lipinski definition) is 4. The topological polar surface area (TPSA) is 65.4 Å². The first-order valence-corrected chi connectivity index (χ1v) is 9.65. The number of ether oxygens (including phenoxy) is 2. The number of amides is 1. The van der Waals surface area contributed by atoms with Gasteiger partial charge in [-0.25, -0.2) is 4.68 Å². The van der Waals surface area contributed by atoms with E-state index in [1.165, 1.54) is 42.1 Å². The molecule has 3 rings (SSSR count). The summed E-state index contributed by atoms with van der Waals surface area (Å²) in [6.07, 6.45) is -4.70. The number of methoxy groups -OCH3 is 1. The van der Waals surface area contributed by atoms with E-state index in [9.17, 15) is 26.7 Å². The van der Waals surface area contributed by atoms with Crippen molar-refractivity contribution < 1.29 is 36.2 Å². The minimum atomic E-state index is -4.70. The van der Waals surface area contributed by atoms with Crippen molar-refractivity contribution in [1.82, 2.24) is 15.1 Å². The summed E-state index contributed by atoms with van der Waals surface area (Å²) in [4.78, 5) is 12.6. The van der Waals surface area contributed by atoms with Crippen LogP contribution in [0.4, 0.5) is 22.0 Å². The minimum absolute atomic E-state index is 0.117. The van der Waals surface area contributed by atoms with Crippen LogP contribution in [0.25, 0.3) is 5.69 Å². The highest BCUT2D eigenvalue weighted by Gasteiger charge is 2.34. The maximum atomic E-state index is 13.7. The number of halogens is 5. The smallest absolute Gasteiger partial charge is 0.416 e. The average Bonchev–Trinajstić information content (AvgIpc) is 3.08. The zero-order chi connectivity index (χ0) is 24.3. The Morgan fingerprint density at radius 2 is 1.88 bits per heavy atom. The second kappa shape index (κ2) is 9.47. The zero-order valence-electron chi connectivity index (χ0n) is 17.8. The lowest BCUT2D eigenvalue weighted by Crippen LogP contribution is -2.25. The zero-order valence-corrected chi connectivity index (χ0v) is 17.8. The normalized spacial score (nSPS) is 11.5. The summed E-state index contributed by atoms with van der Waals surface area (Å²) in [6.45, 7) is -0.292. The number of alkyl halides is 5. The molecule has 0 aliphatic carbocycles. The number of aryl methyl sites for hydroxylation is 2. The lowest BCUT2D eigenvalue weighted by molar-refractivity contribution is -0.138. The molecule has 0 aliphatic heterocycles. The Morgan fingerprint density at radius 1 is 1.15 bits per heavy atom. The highest BCUT2D eigenvalue weighted by molar-refractivity contribution is 5.97. The number of hydrogen-bond donors (Lipinski definition) is 1. The van der Waals surface area contributed by atoms with Gasteiger partial charge >= 0.3 is 12.8 Å². The largest absolute Gasteiger partial charge is 0.493 e. The molecular weight excluding hydrogens is 449 g/mol. The number of carbonyl (C=O) groups is 1. The van der Waals surface area contributed by atoms with Gasteiger partial charge in [-0.3, -0.25) is 4.79 Å². The number of rotatable bonds is 7. The van der Waals surface area contributed by atoms with Gasteiger partial charge in [-0.05, 0) is 49.7 Å². The van der Waals surface area contributed by atoms with Gasteiger partial charge in [0, 0.05) is 12.2 Å². The molecule has 1 heterocycles. The monoisotopic (exact) mass is 469 g/mol. The summed E-state index contributed by atoms with van der Waals surface area (Å²) in [5.41, 5.74) is 0.0533. The standard InChI is InChI=1S/C22H20F5N3O3/c1-12-9-13(2)30(29-12)15-8-7-14(17(10-15)22(25,26)27)11-28-20(31)16-5-4-6-18(32-3)19(16)33-21(23)24/h4-10,21H,11H2,1-3H3,(H,28,31). The third-order valence-corrected chi connectivity index (χ3v) is 4.74. The van der Waals surface area contributed by atoms with Crippen molar-refractivity contribution in [2.45, 2.75) is 33.2 Å². The Labute approximate surface area is 185 Å². The molecule has 0 fully saturated rings. The summed E-state index contributed by atoms with van der Waals surface area (Å²) < 4.78 is 77.5. The predicted octanol–water partition coefficient (Wildman–Crippen LogP) is 5.05. The maximum Gasteiger partial charge on any atom is 0.416 e. The molecule has 0 atom stereocenters. The van der Waals surface area contributed by atoms with Gasteiger partial charge in [0.25, 0.3) is 5.91 Å². The van der Waals surface area contributed by atoms with E-state index in [-0.39, 0.29) is 22.6 Å². The molecule has 1 amide bonds. The van der Waals surface area contributed by atoms with Crippen LogP contribution in [-0.4, -0.2) is 29.4 Å². The fraction of sp³-hybridized carbons (Fsp3) is 0.273. The summed E-state index contributed by atoms with van der Waals surface area (Å²) in [5, 5.41) is 6.51. The fourth-order valence-electron chi connectivity index (χ4n) is 3.34. The van der Waals surface area contributed by atoms with Gasteiger partial charge in [0.05, 0.1) is 29.6 Å². The Bertz CT molecular complexity index is 1160. The SMILES string of the molecule is COc1cccc(C(=O)NCc2ccc(-n3nc(C)cc3C)cc2C(F)(F)F)c1OC(F)F. The van der Waals surface area contributed by atoms with Crippen LogP contribution < -0.4 is 14.8 Å². The Balaban J connectivity index is 1.90. The van der Waals surface area contributed by atoms with Crippen LogP contribution in [-0.2, 0) is 12.7 Å². The predicted molar refractivity (Wildman–Crippen MR) is 109 cm³/mol. The third-order valence-electron chi connectivity index (χ3n) is 4.74. The van der Waals surface area contributed by atoms with E-state index >= 15 is 0 Å². The molecule has 0 radical (unpaired) electrons. The number of nitrogens with zero attached hydrogens (tertiary/aromatic N) is 2. The first-order chi connectivity index (χ1) is 15.5. The van der Waals surface area contributed by atoms with E-state index in [1.54, 1.807) is 19.9 Å². The molecule has 3 aromatic rings. The number of aromatic nitrogens is 2. The highest BCUT2D eigenvalue weighted by atomic mass is 19.4. The third kappa shape index (κ3) is 5.41. The summed E-state index contributed by atoms with van der Waals surface area (Å²) in [5.74, 6) is -1.53. The van der Waals surface area contributed by atoms with Crippen molar-refractivity contribution >= 4 is 5.91 Å². The van der Waals surface area contributed by atoms with E-state index in [1.807, 2.05) is 0 Å². The highest BCUT2D eigenvalue weighted by Crippen LogP contribution is 2.35. The molecule has 0 saturated carbocycles. The number of carbonyl (C=O) groups excluding carboxylic acids is 1. The number of nitrogens with one attached hydrogen (secondary N) is 1. The van der Waals surface area contributed by atoms with Crippen LogP contribution in [0.15, 0.2) is 42.5 Å². The molecule has 1 aromatic heterocycles. The van der Waals surface area contributed by atoms with Gasteiger partial charge in [-0.2, -0.15) is 27.1 Å². The maximum absolute atomic E-state index is 13.7. The van der Waals surface area contributed by atoms with Gasteiger partial charge in [0.2, 0.25) is 0 Å². The lowest BCUT2D eigenvalue weighted by atomic mass is 10.1. The second-order valence-electron chi connectivity index (χ2n) is 7.08. The van der Waals surface area contributed by atoms with Gasteiger partial charge in [-0.1, -0.05) is 12.1 Å². The molecule has 1 N–H and O–H groups in total. The number of para-hydroxylation sites is 1. The quantitative estimate of drug-likeness (QED) is 0.492. The molecule has 0 unspecified atom stereocenters. The van der Waals surface area contributed by atoms with Crippen molar-refractivity contribution in [2.75, 3.05) is 7.11 Å². The van der Waals surface area contributed by atoms with Gasteiger partial charge in [-0.15, -0.1) is 0 Å². The Morgan fingerprint density at radius 3 is 2.45 bits per heavy atom. The van der Waals surface area contributed by atoms with Gasteiger partial charge in [0.1, 0.15) is 0 Å². The van der Waals surface area contributed by atoms with Crippen LogP contribution in [0.3, 0.4) is 0 Å². The molecule has 0 bridgehead atoms. The molecule has 2 aromatic carbocycles. The first-order valence-electron chi connectivity index (χ1n) is 9.65. The van der Waals surface area contributed by atoms with E-state index in [0.717, 1.165) is 6.07 Å². The van der Waals surface area contributed by atoms with Crippen molar-refractivity contribution in [3.63, 3.8) is 0 Å². The van der Waals surface area contributed by atoms with Crippen LogP contribution in [0, 0.1) is 13.8 Å². The van der Waals surface area contributed by atoms with Gasteiger partial charge < -0.3 is 14.8 Å². The first kappa shape index (κ1) is 24.0. The Hall–Kier alpha value is -3.63. The van der Waals surface area contributed by atoms with E-state index < -0.39 is 36.6 Å². The molecule has 11 heteroatoms. The van der Waals surface area contributed by atoms with Crippen molar-refractivity contribution in [3.8, 4) is 17.2 Å². The van der Waals surface area contributed by atoms with Crippen molar-refractivity contribution in [1.29, 1.82) is 0 Å². The molecule has 33 heavy (non-hydrogen) atoms. The van der Waals surface area contributed by atoms with Gasteiger partial charge in [0.15, 0.2) is 11.5 Å². The summed E-state index contributed by atoms with van der Waals surface area (Å²) >= 11 is 0. The van der Waals surface area contributed by atoms with Crippen LogP contribution in [0.5, 0.6) is 11.5 Å². The summed E-state index contributed by atoms with van der Waals surface area (Å²) in [6, 6.07) is 9.24. The van der Waals surface area contributed by atoms with E-state index in [4.69, 9.17) is 4.74 Å². The molecule has 6 nitrogen and oxygen atoms in total. The van der Waals surface area contributed by atoms with Crippen LogP contribution in [0.1, 0.15) is 32.9 Å². The van der Waals surface area contributed by atoms with Crippen molar-refractivity contribution in [3.05, 3.63) is 70.5 Å². The summed E-state index contributed by atoms with van der Waals surface area (Å²) in [7, 11) is 1.20. The van der Waals surface area contributed by atoms with Crippen molar-refractivity contribution in [2.24, 2.45) is 0 Å². The molecular formula is C22H20F5N3O3. The minimum Gasteiger partial charge on any atom is -0.493 e. The van der Waals surface area contributed by atoms with E-state index in [2.05, 4.69) is 15.2 Å². The van der Waals surface area contributed by atoms with Crippen LogP contribution in [0.2, 0.25) is 0 Å². The number of benzene rings is 2. The average molecular weight is 469 g/mol. The molecule has 0 aliphatic rings. The Kier molecular flexibility index (Phi) is 6.89. The molecule has 0 saturated heterocycles. The van der Waals surface area contributed by atoms with E-state index in [0.29, 0.717) is 11.4 Å². The van der Waals surface area contributed by atoms with Crippen LogP contribution >= 0.6 is 0 Å². The molecule has 0 spiro atoms. The molecule has 176 valence electrons. The second-order valence-corrected chi connectivity index (χ2v) is 7.08. The fourth-order valence-corrected chi connectivity index (χ4v) is 3.34.